The van der Waals surface area contributed by atoms with Crippen molar-refractivity contribution in [2.24, 2.45) is 0 Å². The molecule has 9 heteroatoms. The number of hydrogen-bond acceptors (Lipinski definition) is 6. The van der Waals surface area contributed by atoms with Gasteiger partial charge in [-0.2, -0.15) is 4.98 Å². The molecule has 0 aliphatic heterocycles. The lowest BCUT2D eigenvalue weighted by molar-refractivity contribution is -0.129. The number of rotatable bonds is 5. The van der Waals surface area contributed by atoms with E-state index in [9.17, 15) is 9.18 Å². The van der Waals surface area contributed by atoms with Crippen molar-refractivity contribution in [1.29, 1.82) is 0 Å². The monoisotopic (exact) mass is 370 g/mol. The topological polar surface area (TPSA) is 89.9 Å². The molecule has 8 nitrogen and oxygen atoms in total. The fourth-order valence-corrected chi connectivity index (χ4v) is 3.12. The van der Waals surface area contributed by atoms with Crippen LogP contribution in [0, 0.1) is 12.7 Å². The maximum atomic E-state index is 13.7. The Hall–Kier alpha value is -3.10. The molecule has 0 spiro atoms. The average molecular weight is 370 g/mol. The summed E-state index contributed by atoms with van der Waals surface area (Å²) in [7, 11) is 3.35. The second-order valence-electron chi connectivity index (χ2n) is 7.05. The third-order valence-electron chi connectivity index (χ3n) is 4.87. The number of carbonyl (C=O) groups is 1. The molecule has 1 aromatic carbocycles. The molecule has 4 rings (SSSR count). The van der Waals surface area contributed by atoms with Gasteiger partial charge < -0.3 is 9.42 Å². The van der Waals surface area contributed by atoms with E-state index in [1.165, 1.54) is 15.6 Å². The lowest BCUT2D eigenvalue weighted by atomic mass is 9.91. The summed E-state index contributed by atoms with van der Waals surface area (Å²) in [4.78, 5) is 17.7. The molecule has 3 aromatic rings. The zero-order valence-electron chi connectivity index (χ0n) is 15.3. The highest BCUT2D eigenvalue weighted by Gasteiger charge is 2.51. The van der Waals surface area contributed by atoms with Crippen LogP contribution in [0.15, 0.2) is 28.9 Å². The first-order valence-electron chi connectivity index (χ1n) is 8.60. The summed E-state index contributed by atoms with van der Waals surface area (Å²) < 4.78 is 20.5. The van der Waals surface area contributed by atoms with Gasteiger partial charge in [0.2, 0.25) is 5.91 Å². The maximum Gasteiger partial charge on any atom is 0.280 e. The van der Waals surface area contributed by atoms with Gasteiger partial charge in [0, 0.05) is 14.1 Å². The molecule has 0 radical (unpaired) electrons. The summed E-state index contributed by atoms with van der Waals surface area (Å²) in [5, 5.41) is 12.0. The highest BCUT2D eigenvalue weighted by Crippen LogP contribution is 2.53. The standard InChI is InChI=1S/C18H19FN6O2/c1-11-4-5-12(19)8-13(11)18(6-7-18)17-20-16(27-22-17)14-9-25(23-21-14)10-15(26)24(2)3/h4-5,8-9H,6-7,10H2,1-3H3. The lowest BCUT2D eigenvalue weighted by Crippen LogP contribution is -2.26. The Bertz CT molecular complexity index is 1000. The van der Waals surface area contributed by atoms with Crippen LogP contribution in [-0.2, 0) is 16.8 Å². The van der Waals surface area contributed by atoms with Gasteiger partial charge in [0.1, 0.15) is 12.4 Å². The van der Waals surface area contributed by atoms with Crippen LogP contribution in [0.25, 0.3) is 11.6 Å². The summed E-state index contributed by atoms with van der Waals surface area (Å²) in [6.07, 6.45) is 3.26. The predicted octanol–water partition coefficient (Wildman–Crippen LogP) is 1.94. The first-order chi connectivity index (χ1) is 12.9. The Labute approximate surface area is 155 Å². The van der Waals surface area contributed by atoms with Gasteiger partial charge in [-0.3, -0.25) is 4.79 Å². The fourth-order valence-electron chi connectivity index (χ4n) is 3.12. The van der Waals surface area contributed by atoms with Crippen LogP contribution in [0.4, 0.5) is 4.39 Å². The van der Waals surface area contributed by atoms with Crippen LogP contribution in [-0.4, -0.2) is 50.0 Å². The van der Waals surface area contributed by atoms with Gasteiger partial charge in [0.15, 0.2) is 11.5 Å². The second-order valence-corrected chi connectivity index (χ2v) is 7.05. The molecule has 1 aliphatic carbocycles. The minimum Gasteiger partial charge on any atom is -0.347 e. The average Bonchev–Trinajstić information content (AvgIpc) is 3.05. The van der Waals surface area contributed by atoms with Crippen LogP contribution in [0.3, 0.4) is 0 Å². The zero-order chi connectivity index (χ0) is 19.2. The quantitative estimate of drug-likeness (QED) is 0.682. The van der Waals surface area contributed by atoms with Crippen molar-refractivity contribution in [2.45, 2.75) is 31.7 Å². The van der Waals surface area contributed by atoms with Crippen molar-refractivity contribution in [3.8, 4) is 11.6 Å². The number of halogens is 1. The van der Waals surface area contributed by atoms with Crippen LogP contribution in [0.5, 0.6) is 0 Å². The molecular weight excluding hydrogens is 351 g/mol. The SMILES string of the molecule is Cc1ccc(F)cc1C1(c2noc(-c3cn(CC(=O)N(C)C)nn3)n2)CC1. The minimum atomic E-state index is -0.412. The van der Waals surface area contributed by atoms with Gasteiger partial charge in [0.25, 0.3) is 5.89 Å². The Morgan fingerprint density at radius 3 is 2.85 bits per heavy atom. The maximum absolute atomic E-state index is 13.7. The van der Waals surface area contributed by atoms with E-state index in [-0.39, 0.29) is 24.2 Å². The number of carbonyl (C=O) groups excluding carboxylic acids is 1. The van der Waals surface area contributed by atoms with E-state index >= 15 is 0 Å². The molecular formula is C18H19FN6O2. The van der Waals surface area contributed by atoms with E-state index in [1.807, 2.05) is 6.92 Å². The molecule has 0 bridgehead atoms. The smallest absolute Gasteiger partial charge is 0.280 e. The number of benzene rings is 1. The number of aromatic nitrogens is 5. The fraction of sp³-hybridized carbons (Fsp3) is 0.389. The third-order valence-corrected chi connectivity index (χ3v) is 4.87. The first kappa shape index (κ1) is 17.3. The minimum absolute atomic E-state index is 0.0768. The molecule has 0 unspecified atom stereocenters. The van der Waals surface area contributed by atoms with E-state index < -0.39 is 5.41 Å². The molecule has 1 aliphatic rings. The van der Waals surface area contributed by atoms with Crippen molar-refractivity contribution >= 4 is 5.91 Å². The van der Waals surface area contributed by atoms with Gasteiger partial charge in [-0.1, -0.05) is 16.4 Å². The number of nitrogens with zero attached hydrogens (tertiary/aromatic N) is 6. The van der Waals surface area contributed by atoms with Crippen molar-refractivity contribution < 1.29 is 13.7 Å². The molecule has 0 saturated heterocycles. The Morgan fingerprint density at radius 2 is 2.15 bits per heavy atom. The summed E-state index contributed by atoms with van der Waals surface area (Å²) in [5.41, 5.74) is 1.86. The van der Waals surface area contributed by atoms with Crippen LogP contribution in [0.1, 0.15) is 29.8 Å². The Balaban J connectivity index is 1.60. The van der Waals surface area contributed by atoms with E-state index in [0.717, 1.165) is 24.0 Å². The Morgan fingerprint density at radius 1 is 1.37 bits per heavy atom. The molecule has 2 heterocycles. The molecule has 1 saturated carbocycles. The molecule has 0 atom stereocenters. The molecule has 1 amide bonds. The highest BCUT2D eigenvalue weighted by molar-refractivity contribution is 5.75. The van der Waals surface area contributed by atoms with Gasteiger partial charge in [-0.15, -0.1) is 5.10 Å². The van der Waals surface area contributed by atoms with Crippen molar-refractivity contribution in [2.75, 3.05) is 14.1 Å². The van der Waals surface area contributed by atoms with E-state index in [1.54, 1.807) is 32.4 Å². The number of likely N-dealkylation sites (N-methyl/N-ethyl adjacent to an activating group) is 1. The molecule has 140 valence electrons. The predicted molar refractivity (Wildman–Crippen MR) is 93.2 cm³/mol. The van der Waals surface area contributed by atoms with Crippen LogP contribution < -0.4 is 0 Å². The molecule has 1 fully saturated rings. The van der Waals surface area contributed by atoms with E-state index in [2.05, 4.69) is 20.5 Å². The van der Waals surface area contributed by atoms with Crippen molar-refractivity contribution in [3.05, 3.63) is 47.2 Å². The third kappa shape index (κ3) is 3.09. The Kier molecular flexibility index (Phi) is 4.01. The zero-order valence-corrected chi connectivity index (χ0v) is 15.3. The first-order valence-corrected chi connectivity index (χ1v) is 8.60. The number of aryl methyl sites for hydroxylation is 1. The van der Waals surface area contributed by atoms with Crippen molar-refractivity contribution in [1.82, 2.24) is 30.0 Å². The van der Waals surface area contributed by atoms with Gasteiger partial charge in [-0.05, 0) is 43.0 Å². The lowest BCUT2D eigenvalue weighted by Gasteiger charge is -2.14. The van der Waals surface area contributed by atoms with Gasteiger partial charge in [0.05, 0.1) is 11.6 Å². The molecule has 0 N–H and O–H groups in total. The van der Waals surface area contributed by atoms with Crippen LogP contribution >= 0.6 is 0 Å². The number of hydrogen-bond donors (Lipinski definition) is 0. The van der Waals surface area contributed by atoms with E-state index in [4.69, 9.17) is 4.52 Å². The van der Waals surface area contributed by atoms with Gasteiger partial charge in [-0.25, -0.2) is 9.07 Å². The molecule has 2 aromatic heterocycles. The summed E-state index contributed by atoms with van der Waals surface area (Å²) in [6.45, 7) is 2.02. The summed E-state index contributed by atoms with van der Waals surface area (Å²) in [5.74, 6) is 0.370. The normalized spacial score (nSPS) is 15.0. The second kappa shape index (κ2) is 6.26. The summed E-state index contributed by atoms with van der Waals surface area (Å²) in [6, 6.07) is 4.75. The van der Waals surface area contributed by atoms with E-state index in [0.29, 0.717) is 11.5 Å². The summed E-state index contributed by atoms with van der Waals surface area (Å²) >= 11 is 0. The van der Waals surface area contributed by atoms with Crippen molar-refractivity contribution in [3.63, 3.8) is 0 Å². The molecule has 27 heavy (non-hydrogen) atoms. The number of amides is 1. The van der Waals surface area contributed by atoms with Crippen LogP contribution in [0.2, 0.25) is 0 Å². The largest absolute Gasteiger partial charge is 0.347 e. The van der Waals surface area contributed by atoms with Gasteiger partial charge >= 0.3 is 0 Å². The highest BCUT2D eigenvalue weighted by atomic mass is 19.1.